The quantitative estimate of drug-likeness (QED) is 0.687. The summed E-state index contributed by atoms with van der Waals surface area (Å²) in [4.78, 5) is 0. The van der Waals surface area contributed by atoms with Gasteiger partial charge in [-0.1, -0.05) is 18.2 Å². The normalized spacial score (nSPS) is 12.2. The monoisotopic (exact) mass is 196 g/mol. The van der Waals surface area contributed by atoms with Gasteiger partial charge < -0.3 is 8.85 Å². The van der Waals surface area contributed by atoms with Crippen molar-refractivity contribution in [1.29, 1.82) is 0 Å². The minimum absolute atomic E-state index is 0.0823. The van der Waals surface area contributed by atoms with Crippen LogP contribution in [0.3, 0.4) is 0 Å². The molecule has 0 bridgehead atoms. The lowest BCUT2D eigenvalue weighted by Crippen LogP contribution is -2.24. The zero-order chi connectivity index (χ0) is 9.73. The van der Waals surface area contributed by atoms with E-state index in [1.165, 1.54) is 0 Å². The molecule has 0 spiro atoms. The largest absolute Gasteiger partial charge is 0.525 e. The van der Waals surface area contributed by atoms with Crippen LogP contribution in [0.4, 0.5) is 0 Å². The molecule has 0 aliphatic heterocycles. The first kappa shape index (κ1) is 10.3. The van der Waals surface area contributed by atoms with Crippen LogP contribution in [0.15, 0.2) is 30.3 Å². The van der Waals surface area contributed by atoms with Crippen molar-refractivity contribution in [3.63, 3.8) is 0 Å². The van der Waals surface area contributed by atoms with Gasteiger partial charge in [-0.3, -0.25) is 0 Å². The molecule has 3 heteroatoms. The SMILES string of the molecule is CC(C)(C)O[SiH2]Oc1ccccc1. The molecule has 72 valence electrons. The van der Waals surface area contributed by atoms with Crippen molar-refractivity contribution in [2.45, 2.75) is 26.4 Å². The van der Waals surface area contributed by atoms with Crippen LogP contribution >= 0.6 is 0 Å². The van der Waals surface area contributed by atoms with E-state index in [2.05, 4.69) is 0 Å². The molecule has 1 aromatic carbocycles. The van der Waals surface area contributed by atoms with Crippen molar-refractivity contribution in [1.82, 2.24) is 0 Å². The average Bonchev–Trinajstić information content (AvgIpc) is 2.04. The van der Waals surface area contributed by atoms with Crippen LogP contribution < -0.4 is 4.43 Å². The standard InChI is InChI=1S/C10H16O2Si/c1-10(2,3)12-13-11-9-7-5-4-6-8-9/h4-8H,13H2,1-3H3. The van der Waals surface area contributed by atoms with E-state index >= 15 is 0 Å². The van der Waals surface area contributed by atoms with E-state index in [1.807, 2.05) is 51.1 Å². The van der Waals surface area contributed by atoms with Gasteiger partial charge in [0.2, 0.25) is 0 Å². The first-order chi connectivity index (χ1) is 6.08. The van der Waals surface area contributed by atoms with Crippen LogP contribution in [0.1, 0.15) is 20.8 Å². The van der Waals surface area contributed by atoms with Gasteiger partial charge in [-0.05, 0) is 32.9 Å². The van der Waals surface area contributed by atoms with Crippen molar-refractivity contribution in [2.24, 2.45) is 0 Å². The summed E-state index contributed by atoms with van der Waals surface area (Å²) in [6.07, 6.45) is 0. The van der Waals surface area contributed by atoms with Crippen LogP contribution in [0, 0.1) is 0 Å². The number of hydrogen-bond acceptors (Lipinski definition) is 2. The number of hydrogen-bond donors (Lipinski definition) is 0. The van der Waals surface area contributed by atoms with Crippen LogP contribution in [0.25, 0.3) is 0 Å². The molecular weight excluding hydrogens is 180 g/mol. The van der Waals surface area contributed by atoms with Gasteiger partial charge in [0.25, 0.3) is 0 Å². The summed E-state index contributed by atoms with van der Waals surface area (Å²) in [5, 5.41) is 0. The van der Waals surface area contributed by atoms with Gasteiger partial charge in [-0.2, -0.15) is 0 Å². The van der Waals surface area contributed by atoms with Crippen molar-refractivity contribution in [2.75, 3.05) is 0 Å². The molecule has 0 amide bonds. The average molecular weight is 196 g/mol. The zero-order valence-corrected chi connectivity index (χ0v) is 9.82. The Hall–Kier alpha value is -0.803. The molecule has 0 aliphatic rings. The van der Waals surface area contributed by atoms with Gasteiger partial charge in [-0.15, -0.1) is 0 Å². The molecule has 0 aromatic heterocycles. The van der Waals surface area contributed by atoms with Gasteiger partial charge in [-0.25, -0.2) is 0 Å². The molecule has 0 aliphatic carbocycles. The van der Waals surface area contributed by atoms with E-state index in [0.717, 1.165) is 5.75 Å². The van der Waals surface area contributed by atoms with E-state index in [1.54, 1.807) is 0 Å². The molecule has 13 heavy (non-hydrogen) atoms. The van der Waals surface area contributed by atoms with Crippen LogP contribution in [0.5, 0.6) is 5.75 Å². The highest BCUT2D eigenvalue weighted by Gasteiger charge is 2.09. The van der Waals surface area contributed by atoms with Gasteiger partial charge in [0.05, 0.1) is 5.60 Å². The minimum atomic E-state index is -0.891. The Balaban J connectivity index is 2.29. The maximum absolute atomic E-state index is 5.55. The van der Waals surface area contributed by atoms with Gasteiger partial charge in [0.15, 0.2) is 0 Å². The number of benzene rings is 1. The highest BCUT2D eigenvalue weighted by molar-refractivity contribution is 6.19. The summed E-state index contributed by atoms with van der Waals surface area (Å²) in [6, 6.07) is 9.78. The van der Waals surface area contributed by atoms with Gasteiger partial charge in [0.1, 0.15) is 5.75 Å². The zero-order valence-electron chi connectivity index (χ0n) is 8.41. The summed E-state index contributed by atoms with van der Waals surface area (Å²) in [7, 11) is -0.891. The molecule has 0 atom stereocenters. The molecule has 0 fully saturated rings. The Morgan fingerprint density at radius 2 is 1.69 bits per heavy atom. The van der Waals surface area contributed by atoms with E-state index in [9.17, 15) is 0 Å². The first-order valence-electron chi connectivity index (χ1n) is 4.40. The lowest BCUT2D eigenvalue weighted by atomic mass is 10.2. The minimum Gasteiger partial charge on any atom is -0.525 e. The molecule has 0 heterocycles. The van der Waals surface area contributed by atoms with Crippen molar-refractivity contribution >= 4 is 10.0 Å². The maximum Gasteiger partial charge on any atom is 0.366 e. The third-order valence-corrected chi connectivity index (χ3v) is 2.90. The molecule has 2 nitrogen and oxygen atoms in total. The number of para-hydroxylation sites is 1. The summed E-state index contributed by atoms with van der Waals surface area (Å²) >= 11 is 0. The molecule has 0 unspecified atom stereocenters. The third-order valence-electron chi connectivity index (χ3n) is 1.46. The molecule has 1 aromatic rings. The van der Waals surface area contributed by atoms with E-state index in [0.29, 0.717) is 0 Å². The van der Waals surface area contributed by atoms with Crippen LogP contribution in [0.2, 0.25) is 0 Å². The highest BCUT2D eigenvalue weighted by Crippen LogP contribution is 2.10. The van der Waals surface area contributed by atoms with E-state index < -0.39 is 10.0 Å². The highest BCUT2D eigenvalue weighted by atomic mass is 28.3. The summed E-state index contributed by atoms with van der Waals surface area (Å²) in [6.45, 7) is 6.11. The molecule has 0 radical (unpaired) electrons. The second kappa shape index (κ2) is 4.44. The summed E-state index contributed by atoms with van der Waals surface area (Å²) in [5.41, 5.74) is -0.0823. The third kappa shape index (κ3) is 4.70. The Kier molecular flexibility index (Phi) is 3.51. The Labute approximate surface area is 81.9 Å². The molecule has 0 saturated heterocycles. The lowest BCUT2D eigenvalue weighted by Gasteiger charge is -2.19. The van der Waals surface area contributed by atoms with Crippen LogP contribution in [-0.2, 0) is 4.43 Å². The number of rotatable bonds is 3. The second-order valence-corrected chi connectivity index (χ2v) is 4.65. The summed E-state index contributed by atoms with van der Waals surface area (Å²) < 4.78 is 11.0. The van der Waals surface area contributed by atoms with Crippen molar-refractivity contribution < 1.29 is 8.85 Å². The molecule has 0 N–H and O–H groups in total. The van der Waals surface area contributed by atoms with E-state index in [-0.39, 0.29) is 5.60 Å². The molecular formula is C10H16O2Si. The Morgan fingerprint density at radius 3 is 2.23 bits per heavy atom. The topological polar surface area (TPSA) is 18.5 Å². The smallest absolute Gasteiger partial charge is 0.366 e. The van der Waals surface area contributed by atoms with Gasteiger partial charge >= 0.3 is 10.0 Å². The Morgan fingerprint density at radius 1 is 1.08 bits per heavy atom. The fourth-order valence-corrected chi connectivity index (χ4v) is 1.53. The lowest BCUT2D eigenvalue weighted by molar-refractivity contribution is 0.118. The van der Waals surface area contributed by atoms with Crippen molar-refractivity contribution in [3.05, 3.63) is 30.3 Å². The fraction of sp³-hybridized carbons (Fsp3) is 0.400. The predicted molar refractivity (Wildman–Crippen MR) is 56.5 cm³/mol. The maximum atomic E-state index is 5.55. The first-order valence-corrected chi connectivity index (χ1v) is 5.55. The van der Waals surface area contributed by atoms with Gasteiger partial charge in [0, 0.05) is 0 Å². The fourth-order valence-electron chi connectivity index (χ4n) is 0.791. The van der Waals surface area contributed by atoms with Crippen LogP contribution in [-0.4, -0.2) is 15.6 Å². The van der Waals surface area contributed by atoms with E-state index in [4.69, 9.17) is 8.85 Å². The Bertz CT molecular complexity index is 241. The predicted octanol–water partition coefficient (Wildman–Crippen LogP) is 1.88. The van der Waals surface area contributed by atoms with Crippen molar-refractivity contribution in [3.8, 4) is 5.75 Å². The summed E-state index contributed by atoms with van der Waals surface area (Å²) in [5.74, 6) is 0.901. The second-order valence-electron chi connectivity index (χ2n) is 3.83. The molecule has 0 saturated carbocycles. The molecule has 1 rings (SSSR count).